The summed E-state index contributed by atoms with van der Waals surface area (Å²) in [6.07, 6.45) is 6.71. The summed E-state index contributed by atoms with van der Waals surface area (Å²) in [5, 5.41) is 6.81. The normalized spacial score (nSPS) is 18.8. The van der Waals surface area contributed by atoms with E-state index in [4.69, 9.17) is 0 Å². The molecule has 3 rings (SSSR count). The molecule has 146 valence electrons. The van der Waals surface area contributed by atoms with Gasteiger partial charge < -0.3 is 10.6 Å². The molecule has 0 aliphatic heterocycles. The number of aryl methyl sites for hydroxylation is 1. The van der Waals surface area contributed by atoms with E-state index in [0.717, 1.165) is 36.1 Å². The third-order valence-corrected chi connectivity index (χ3v) is 6.60. The summed E-state index contributed by atoms with van der Waals surface area (Å²) in [5.74, 6) is 1.77. The number of benzene rings is 1. The van der Waals surface area contributed by atoms with Crippen LogP contribution < -0.4 is 10.6 Å². The van der Waals surface area contributed by atoms with Crippen LogP contribution in [-0.4, -0.2) is 33.7 Å². The van der Waals surface area contributed by atoms with Crippen LogP contribution in [-0.2, 0) is 16.4 Å². The molecule has 2 N–H and O–H groups in total. The summed E-state index contributed by atoms with van der Waals surface area (Å²) in [5.41, 5.74) is 2.33. The minimum Gasteiger partial charge on any atom is -0.357 e. The summed E-state index contributed by atoms with van der Waals surface area (Å²) >= 11 is 0. The van der Waals surface area contributed by atoms with Gasteiger partial charge in [0.1, 0.15) is 0 Å². The fraction of sp³-hybridized carbons (Fsp3) is 0.632. The summed E-state index contributed by atoms with van der Waals surface area (Å²) in [6.45, 7) is 6.27. The van der Waals surface area contributed by atoms with Crippen molar-refractivity contribution in [3.63, 3.8) is 0 Å². The van der Waals surface area contributed by atoms with E-state index >= 15 is 0 Å². The molecule has 0 amide bonds. The molecule has 2 fully saturated rings. The van der Waals surface area contributed by atoms with Crippen molar-refractivity contribution in [2.45, 2.75) is 51.0 Å². The van der Waals surface area contributed by atoms with Gasteiger partial charge in [-0.3, -0.25) is 0 Å². The third kappa shape index (κ3) is 5.34. The number of rotatable bonds is 7. The molecule has 1 aromatic carbocycles. The predicted octanol–water partition coefficient (Wildman–Crippen LogP) is 3.26. The van der Waals surface area contributed by atoms with Gasteiger partial charge in [0.15, 0.2) is 15.8 Å². The average Bonchev–Trinajstić information content (AvgIpc) is 3.42. The molecular weight excluding hydrogens is 461 g/mol. The van der Waals surface area contributed by atoms with Gasteiger partial charge in [0.2, 0.25) is 0 Å². The van der Waals surface area contributed by atoms with E-state index < -0.39 is 9.84 Å². The maximum absolute atomic E-state index is 11.7. The van der Waals surface area contributed by atoms with Crippen molar-refractivity contribution in [2.24, 2.45) is 16.3 Å². The Labute approximate surface area is 174 Å². The molecule has 26 heavy (non-hydrogen) atoms. The molecule has 0 unspecified atom stereocenters. The van der Waals surface area contributed by atoms with Crippen LogP contribution in [0.15, 0.2) is 28.1 Å². The van der Waals surface area contributed by atoms with Crippen molar-refractivity contribution in [3.8, 4) is 0 Å². The molecule has 0 aromatic heterocycles. The van der Waals surface area contributed by atoms with E-state index in [1.165, 1.54) is 31.9 Å². The average molecular weight is 491 g/mol. The molecule has 2 saturated carbocycles. The maximum Gasteiger partial charge on any atom is 0.191 e. The van der Waals surface area contributed by atoms with Crippen LogP contribution in [0.4, 0.5) is 0 Å². The number of guanidine groups is 1. The SMILES string of the molecule is CCNC(=NCc1ccc(S(C)(=O)=O)c(C)c1)NCC1(C2CC2)CC1.I. The lowest BCUT2D eigenvalue weighted by Crippen LogP contribution is -2.40. The van der Waals surface area contributed by atoms with Crippen molar-refractivity contribution in [2.75, 3.05) is 19.3 Å². The van der Waals surface area contributed by atoms with Gasteiger partial charge in [-0.25, -0.2) is 13.4 Å². The minimum absolute atomic E-state index is 0. The van der Waals surface area contributed by atoms with Crippen molar-refractivity contribution in [1.29, 1.82) is 0 Å². The standard InChI is InChI=1S/C19H29N3O2S.HI/c1-4-20-18(22-13-19(9-10-19)16-6-7-16)21-12-15-5-8-17(14(2)11-15)25(3,23)24;/h5,8,11,16H,4,6-7,9-10,12-13H2,1-3H3,(H2,20,21,22);1H. The highest BCUT2D eigenvalue weighted by atomic mass is 127. The van der Waals surface area contributed by atoms with Gasteiger partial charge in [0.25, 0.3) is 0 Å². The molecule has 0 heterocycles. The minimum atomic E-state index is -3.17. The van der Waals surface area contributed by atoms with Gasteiger partial charge in [-0.15, -0.1) is 24.0 Å². The molecule has 0 atom stereocenters. The van der Waals surface area contributed by atoms with E-state index in [2.05, 4.69) is 22.5 Å². The van der Waals surface area contributed by atoms with Crippen molar-refractivity contribution >= 4 is 39.8 Å². The second-order valence-corrected chi connectivity index (χ2v) is 9.54. The molecule has 1 aromatic rings. The number of sulfone groups is 1. The second kappa shape index (κ2) is 8.46. The van der Waals surface area contributed by atoms with Crippen molar-refractivity contribution < 1.29 is 8.42 Å². The van der Waals surface area contributed by atoms with Gasteiger partial charge in [-0.2, -0.15) is 0 Å². The van der Waals surface area contributed by atoms with E-state index in [0.29, 0.717) is 16.9 Å². The summed E-state index contributed by atoms with van der Waals surface area (Å²) in [7, 11) is -3.17. The first-order valence-corrected chi connectivity index (χ1v) is 11.0. The molecule has 0 radical (unpaired) electrons. The molecular formula is C19H30IN3O2S. The third-order valence-electron chi connectivity index (χ3n) is 5.35. The molecule has 2 aliphatic carbocycles. The predicted molar refractivity (Wildman–Crippen MR) is 117 cm³/mol. The highest BCUT2D eigenvalue weighted by Gasteiger charge is 2.53. The quantitative estimate of drug-likeness (QED) is 0.349. The summed E-state index contributed by atoms with van der Waals surface area (Å²) < 4.78 is 23.4. The number of hydrogen-bond acceptors (Lipinski definition) is 3. The van der Waals surface area contributed by atoms with Gasteiger partial charge in [-0.1, -0.05) is 12.1 Å². The van der Waals surface area contributed by atoms with Gasteiger partial charge in [0.05, 0.1) is 11.4 Å². The molecule has 0 spiro atoms. The van der Waals surface area contributed by atoms with E-state index in [1.54, 1.807) is 6.07 Å². The molecule has 5 nitrogen and oxygen atoms in total. The number of nitrogens with zero attached hydrogens (tertiary/aromatic N) is 1. The fourth-order valence-electron chi connectivity index (χ4n) is 3.58. The number of aliphatic imine (C=N–C) groups is 1. The van der Waals surface area contributed by atoms with Crippen LogP contribution >= 0.6 is 24.0 Å². The summed E-state index contributed by atoms with van der Waals surface area (Å²) in [4.78, 5) is 5.07. The molecule has 2 aliphatic rings. The monoisotopic (exact) mass is 491 g/mol. The van der Waals surface area contributed by atoms with Crippen LogP contribution in [0, 0.1) is 18.3 Å². The Kier molecular flexibility index (Phi) is 6.98. The Morgan fingerprint density at radius 1 is 1.27 bits per heavy atom. The van der Waals surface area contributed by atoms with Crippen LogP contribution in [0.5, 0.6) is 0 Å². The molecule has 0 bridgehead atoms. The van der Waals surface area contributed by atoms with Gasteiger partial charge in [0, 0.05) is 19.3 Å². The zero-order chi connectivity index (χ0) is 18.1. The van der Waals surface area contributed by atoms with Crippen molar-refractivity contribution in [1.82, 2.24) is 10.6 Å². The lowest BCUT2D eigenvalue weighted by molar-refractivity contribution is 0.431. The van der Waals surface area contributed by atoms with Gasteiger partial charge >= 0.3 is 0 Å². The van der Waals surface area contributed by atoms with Crippen molar-refractivity contribution in [3.05, 3.63) is 29.3 Å². The number of nitrogens with one attached hydrogen (secondary N) is 2. The maximum atomic E-state index is 11.7. The number of halogens is 1. The first-order chi connectivity index (χ1) is 11.8. The smallest absolute Gasteiger partial charge is 0.191 e. The Balaban J connectivity index is 0.00000243. The fourth-order valence-corrected chi connectivity index (χ4v) is 4.54. The van der Waals surface area contributed by atoms with E-state index in [-0.39, 0.29) is 24.0 Å². The molecule has 7 heteroatoms. The first kappa shape index (κ1) is 21.5. The summed E-state index contributed by atoms with van der Waals surface area (Å²) in [6, 6.07) is 5.45. The first-order valence-electron chi connectivity index (χ1n) is 9.16. The molecule has 0 saturated heterocycles. The lowest BCUT2D eigenvalue weighted by atomic mass is 10.0. The van der Waals surface area contributed by atoms with Crippen LogP contribution in [0.25, 0.3) is 0 Å². The Morgan fingerprint density at radius 3 is 2.46 bits per heavy atom. The largest absolute Gasteiger partial charge is 0.357 e. The van der Waals surface area contributed by atoms with Crippen LogP contribution in [0.3, 0.4) is 0 Å². The second-order valence-electron chi connectivity index (χ2n) is 7.56. The van der Waals surface area contributed by atoms with Crippen LogP contribution in [0.2, 0.25) is 0 Å². The number of hydrogen-bond donors (Lipinski definition) is 2. The van der Waals surface area contributed by atoms with Crippen LogP contribution in [0.1, 0.15) is 43.7 Å². The Morgan fingerprint density at radius 2 is 1.96 bits per heavy atom. The zero-order valence-corrected chi connectivity index (χ0v) is 19.0. The lowest BCUT2D eigenvalue weighted by Gasteiger charge is -2.18. The van der Waals surface area contributed by atoms with Gasteiger partial charge in [-0.05, 0) is 68.1 Å². The Hall–Kier alpha value is -0.830. The van der Waals surface area contributed by atoms with E-state index in [9.17, 15) is 8.42 Å². The Bertz CT molecular complexity index is 769. The highest BCUT2D eigenvalue weighted by molar-refractivity contribution is 14.0. The van der Waals surface area contributed by atoms with E-state index in [1.807, 2.05) is 19.1 Å². The zero-order valence-electron chi connectivity index (χ0n) is 15.8. The highest BCUT2D eigenvalue weighted by Crippen LogP contribution is 2.60. The topological polar surface area (TPSA) is 70.6 Å².